The van der Waals surface area contributed by atoms with Crippen molar-refractivity contribution in [2.24, 2.45) is 0 Å². The van der Waals surface area contributed by atoms with Crippen LogP contribution in [0.15, 0.2) is 30.3 Å². The van der Waals surface area contributed by atoms with Crippen molar-refractivity contribution in [3.63, 3.8) is 0 Å². The summed E-state index contributed by atoms with van der Waals surface area (Å²) in [4.78, 5) is 36.0. The van der Waals surface area contributed by atoms with Gasteiger partial charge in [-0.2, -0.15) is 0 Å². The molecule has 8 heteroatoms. The summed E-state index contributed by atoms with van der Waals surface area (Å²) in [5.74, 6) is -1.92. The van der Waals surface area contributed by atoms with Gasteiger partial charge in [-0.05, 0) is 12.5 Å². The highest BCUT2D eigenvalue weighted by atomic mass is 19.1. The fourth-order valence-corrected chi connectivity index (χ4v) is 2.51. The minimum atomic E-state index is -1.38. The summed E-state index contributed by atoms with van der Waals surface area (Å²) in [6, 6.07) is 6.77. The lowest BCUT2D eigenvalue weighted by atomic mass is 10.2. The first-order chi connectivity index (χ1) is 11.4. The van der Waals surface area contributed by atoms with Crippen LogP contribution in [0, 0.1) is 0 Å². The largest absolute Gasteiger partial charge is 0.480 e. The number of ether oxygens (including phenoxy) is 1. The van der Waals surface area contributed by atoms with E-state index in [2.05, 4.69) is 5.32 Å². The number of hydrogen-bond donors (Lipinski definition) is 2. The molecule has 0 aliphatic carbocycles. The molecule has 0 bridgehead atoms. The first kappa shape index (κ1) is 17.7. The van der Waals surface area contributed by atoms with E-state index in [-0.39, 0.29) is 19.6 Å². The zero-order chi connectivity index (χ0) is 17.7. The fraction of sp³-hybridized carbons (Fsp3) is 0.438. The van der Waals surface area contributed by atoms with Gasteiger partial charge in [0.1, 0.15) is 24.9 Å². The summed E-state index contributed by atoms with van der Waals surface area (Å²) in [5, 5.41) is 11.4. The molecule has 3 atom stereocenters. The van der Waals surface area contributed by atoms with E-state index in [0.29, 0.717) is 0 Å². The van der Waals surface area contributed by atoms with Gasteiger partial charge in [-0.3, -0.25) is 4.79 Å². The molecule has 130 valence electrons. The molecule has 2 rings (SSSR count). The second kappa shape index (κ2) is 7.76. The Morgan fingerprint density at radius 1 is 1.38 bits per heavy atom. The number of aliphatic carboxylic acids is 1. The van der Waals surface area contributed by atoms with Gasteiger partial charge in [0, 0.05) is 6.42 Å². The van der Waals surface area contributed by atoms with Crippen molar-refractivity contribution < 1.29 is 28.6 Å². The van der Waals surface area contributed by atoms with Crippen molar-refractivity contribution in [1.82, 2.24) is 10.2 Å². The molecule has 1 saturated heterocycles. The second-order valence-electron chi connectivity index (χ2n) is 5.61. The Kier molecular flexibility index (Phi) is 5.73. The second-order valence-corrected chi connectivity index (χ2v) is 5.61. The van der Waals surface area contributed by atoms with Crippen LogP contribution in [-0.2, 0) is 20.9 Å². The van der Waals surface area contributed by atoms with Gasteiger partial charge in [-0.1, -0.05) is 30.3 Å². The molecule has 1 aromatic carbocycles. The molecule has 0 saturated carbocycles. The average molecular weight is 338 g/mol. The van der Waals surface area contributed by atoms with E-state index >= 15 is 0 Å². The number of alkyl halides is 1. The van der Waals surface area contributed by atoms with Crippen LogP contribution in [0.1, 0.15) is 18.9 Å². The molecule has 7 nitrogen and oxygen atoms in total. The van der Waals surface area contributed by atoms with Gasteiger partial charge >= 0.3 is 12.1 Å². The van der Waals surface area contributed by atoms with Crippen molar-refractivity contribution in [3.05, 3.63) is 35.9 Å². The third kappa shape index (κ3) is 4.43. The van der Waals surface area contributed by atoms with Crippen molar-refractivity contribution in [2.75, 3.05) is 6.54 Å². The molecule has 24 heavy (non-hydrogen) atoms. The molecule has 1 aliphatic rings. The molecule has 2 amide bonds. The predicted molar refractivity (Wildman–Crippen MR) is 81.9 cm³/mol. The maximum Gasteiger partial charge on any atom is 0.408 e. The molecule has 0 radical (unpaired) electrons. The van der Waals surface area contributed by atoms with E-state index in [1.165, 1.54) is 6.92 Å². The highest BCUT2D eigenvalue weighted by molar-refractivity contribution is 5.89. The van der Waals surface area contributed by atoms with Crippen molar-refractivity contribution in [2.45, 2.75) is 38.2 Å². The van der Waals surface area contributed by atoms with E-state index < -0.39 is 36.2 Å². The minimum Gasteiger partial charge on any atom is -0.480 e. The van der Waals surface area contributed by atoms with E-state index in [4.69, 9.17) is 9.84 Å². The number of nitrogens with zero attached hydrogens (tertiary/aromatic N) is 1. The summed E-state index contributed by atoms with van der Waals surface area (Å²) >= 11 is 0. The number of carbonyl (C=O) groups is 3. The van der Waals surface area contributed by atoms with E-state index in [1.807, 2.05) is 6.07 Å². The Morgan fingerprint density at radius 3 is 2.67 bits per heavy atom. The average Bonchev–Trinajstić information content (AvgIpc) is 2.95. The zero-order valence-corrected chi connectivity index (χ0v) is 13.1. The zero-order valence-electron chi connectivity index (χ0n) is 13.1. The first-order valence-electron chi connectivity index (χ1n) is 7.53. The highest BCUT2D eigenvalue weighted by Crippen LogP contribution is 2.21. The van der Waals surface area contributed by atoms with Crippen molar-refractivity contribution in [3.8, 4) is 0 Å². The van der Waals surface area contributed by atoms with Gasteiger partial charge in [0.25, 0.3) is 0 Å². The summed E-state index contributed by atoms with van der Waals surface area (Å²) in [6.07, 6.45) is -2.43. The van der Waals surface area contributed by atoms with Gasteiger partial charge in [-0.25, -0.2) is 14.0 Å². The summed E-state index contributed by atoms with van der Waals surface area (Å²) in [6.45, 7) is 1.15. The SMILES string of the molecule is CC(NC(=O)OCc1ccccc1)C(=O)N1CC(F)C[C@H]1C(=O)O. The Labute approximate surface area is 138 Å². The number of likely N-dealkylation sites (tertiary alicyclic amines) is 1. The number of benzene rings is 1. The van der Waals surface area contributed by atoms with Crippen LogP contribution in [-0.4, -0.2) is 52.8 Å². The number of carboxylic acid groups (broad SMARTS) is 1. The lowest BCUT2D eigenvalue weighted by molar-refractivity contribution is -0.148. The molecule has 2 N–H and O–H groups in total. The number of halogens is 1. The van der Waals surface area contributed by atoms with Crippen molar-refractivity contribution >= 4 is 18.0 Å². The van der Waals surface area contributed by atoms with Crippen LogP contribution >= 0.6 is 0 Å². The summed E-state index contributed by atoms with van der Waals surface area (Å²) in [5.41, 5.74) is 0.789. The third-order valence-electron chi connectivity index (χ3n) is 3.74. The number of carboxylic acids is 1. The van der Waals surface area contributed by atoms with Gasteiger partial charge in [-0.15, -0.1) is 0 Å². The summed E-state index contributed by atoms with van der Waals surface area (Å²) in [7, 11) is 0. The number of amides is 2. The van der Waals surface area contributed by atoms with E-state index in [0.717, 1.165) is 10.5 Å². The normalized spacial score (nSPS) is 21.2. The maximum atomic E-state index is 13.4. The number of hydrogen-bond acceptors (Lipinski definition) is 4. The number of alkyl carbamates (subject to hydrolysis) is 1. The van der Waals surface area contributed by atoms with E-state index in [1.54, 1.807) is 24.3 Å². The molecular formula is C16H19FN2O5. The molecule has 1 aliphatic heterocycles. The number of nitrogens with one attached hydrogen (secondary N) is 1. The molecular weight excluding hydrogens is 319 g/mol. The van der Waals surface area contributed by atoms with Crippen LogP contribution in [0.3, 0.4) is 0 Å². The lowest BCUT2D eigenvalue weighted by Gasteiger charge is -2.24. The van der Waals surface area contributed by atoms with Gasteiger partial charge in [0.15, 0.2) is 0 Å². The molecule has 1 aromatic rings. The predicted octanol–water partition coefficient (Wildman–Crippen LogP) is 1.32. The molecule has 1 fully saturated rings. The monoisotopic (exact) mass is 338 g/mol. The van der Waals surface area contributed by atoms with Gasteiger partial charge in [0.2, 0.25) is 5.91 Å². The minimum absolute atomic E-state index is 0.0433. The molecule has 2 unspecified atom stereocenters. The topological polar surface area (TPSA) is 95.9 Å². The van der Waals surface area contributed by atoms with Crippen LogP contribution < -0.4 is 5.32 Å². The maximum absolute atomic E-state index is 13.4. The molecule has 0 spiro atoms. The number of rotatable bonds is 5. The van der Waals surface area contributed by atoms with E-state index in [9.17, 15) is 18.8 Å². The third-order valence-corrected chi connectivity index (χ3v) is 3.74. The van der Waals surface area contributed by atoms with Crippen LogP contribution in [0.4, 0.5) is 9.18 Å². The van der Waals surface area contributed by atoms with Crippen LogP contribution in [0.2, 0.25) is 0 Å². The summed E-state index contributed by atoms with van der Waals surface area (Å²) < 4.78 is 18.4. The fourth-order valence-electron chi connectivity index (χ4n) is 2.51. The van der Waals surface area contributed by atoms with Crippen LogP contribution in [0.5, 0.6) is 0 Å². The van der Waals surface area contributed by atoms with Gasteiger partial charge in [0.05, 0.1) is 6.54 Å². The first-order valence-corrected chi connectivity index (χ1v) is 7.53. The standard InChI is InChI=1S/C16H19FN2O5/c1-10(14(20)19-8-12(17)7-13(19)15(21)22)18-16(23)24-9-11-5-3-2-4-6-11/h2-6,10,12-13H,7-9H2,1H3,(H,18,23)(H,21,22)/t10?,12?,13-/m0/s1. The van der Waals surface area contributed by atoms with Crippen molar-refractivity contribution in [1.29, 1.82) is 0 Å². The Bertz CT molecular complexity index is 610. The quantitative estimate of drug-likeness (QED) is 0.844. The Morgan fingerprint density at radius 2 is 2.04 bits per heavy atom. The Hall–Kier alpha value is -2.64. The van der Waals surface area contributed by atoms with Gasteiger partial charge < -0.3 is 20.1 Å². The molecule has 1 heterocycles. The number of carbonyl (C=O) groups excluding carboxylic acids is 2. The lowest BCUT2D eigenvalue weighted by Crippen LogP contribution is -2.50. The van der Waals surface area contributed by atoms with Crippen LogP contribution in [0.25, 0.3) is 0 Å². The molecule has 0 aromatic heterocycles. The smallest absolute Gasteiger partial charge is 0.408 e. The highest BCUT2D eigenvalue weighted by Gasteiger charge is 2.41. The Balaban J connectivity index is 1.86.